The summed E-state index contributed by atoms with van der Waals surface area (Å²) in [6.07, 6.45) is 1.32. The van der Waals surface area contributed by atoms with Gasteiger partial charge in [0, 0.05) is 24.9 Å². The lowest BCUT2D eigenvalue weighted by molar-refractivity contribution is -0.0959. The van der Waals surface area contributed by atoms with Gasteiger partial charge in [-0.05, 0) is 20.3 Å². The van der Waals surface area contributed by atoms with Gasteiger partial charge in [0.2, 0.25) is 0 Å². The van der Waals surface area contributed by atoms with E-state index in [2.05, 4.69) is 5.32 Å². The van der Waals surface area contributed by atoms with Crippen LogP contribution in [0.25, 0.3) is 0 Å². The van der Waals surface area contributed by atoms with Crippen molar-refractivity contribution >= 4 is 0 Å². The fourth-order valence-electron chi connectivity index (χ4n) is 2.35. The molecule has 1 aliphatic heterocycles. The van der Waals surface area contributed by atoms with E-state index < -0.39 is 5.92 Å². The fraction of sp³-hybridized carbons (Fsp3) is 1.00. The Bertz CT molecular complexity index is 214. The van der Waals surface area contributed by atoms with Crippen LogP contribution in [0.4, 0.5) is 8.78 Å². The summed E-state index contributed by atoms with van der Waals surface area (Å²) in [6, 6.07) is 0.248. The standard InChI is InChI=1S/C10H17F2NO/c1-6-3-9(7(2)14-6)13-8-4-10(11,12)5-8/h6-9,13H,3-5H2,1-2H3. The summed E-state index contributed by atoms with van der Waals surface area (Å²) in [5, 5.41) is 3.25. The number of nitrogens with one attached hydrogen (secondary N) is 1. The van der Waals surface area contributed by atoms with Crippen LogP contribution in [0, 0.1) is 0 Å². The Morgan fingerprint density at radius 3 is 2.36 bits per heavy atom. The third-order valence-electron chi connectivity index (χ3n) is 3.14. The van der Waals surface area contributed by atoms with Crippen LogP contribution in [0.5, 0.6) is 0 Å². The quantitative estimate of drug-likeness (QED) is 0.743. The lowest BCUT2D eigenvalue weighted by Gasteiger charge is -2.37. The smallest absolute Gasteiger partial charge is 0.251 e. The van der Waals surface area contributed by atoms with E-state index in [9.17, 15) is 8.78 Å². The van der Waals surface area contributed by atoms with Crippen molar-refractivity contribution in [1.82, 2.24) is 5.32 Å². The molecule has 3 atom stereocenters. The highest BCUT2D eigenvalue weighted by molar-refractivity contribution is 4.95. The first-order valence-corrected chi connectivity index (χ1v) is 5.25. The van der Waals surface area contributed by atoms with Gasteiger partial charge in [-0.1, -0.05) is 0 Å². The molecule has 14 heavy (non-hydrogen) atoms. The molecule has 1 N–H and O–H groups in total. The molecule has 0 aromatic heterocycles. The van der Waals surface area contributed by atoms with Crippen molar-refractivity contribution in [3.63, 3.8) is 0 Å². The summed E-state index contributed by atoms with van der Waals surface area (Å²) in [6.45, 7) is 4.02. The SMILES string of the molecule is CC1CC(NC2CC(F)(F)C2)C(C)O1. The first kappa shape index (κ1) is 10.3. The third kappa shape index (κ3) is 2.06. The lowest BCUT2D eigenvalue weighted by atomic mass is 9.87. The van der Waals surface area contributed by atoms with Crippen LogP contribution >= 0.6 is 0 Å². The molecule has 0 radical (unpaired) electrons. The molecule has 3 unspecified atom stereocenters. The van der Waals surface area contributed by atoms with Crippen molar-refractivity contribution in [2.24, 2.45) is 0 Å². The Balaban J connectivity index is 1.77. The number of hydrogen-bond acceptors (Lipinski definition) is 2. The molecule has 0 amide bonds. The second-order valence-corrected chi connectivity index (χ2v) is 4.62. The van der Waals surface area contributed by atoms with E-state index in [0.29, 0.717) is 0 Å². The second kappa shape index (κ2) is 3.42. The molecule has 2 fully saturated rings. The Kier molecular flexibility index (Phi) is 2.52. The molecule has 2 rings (SSSR count). The molecule has 2 aliphatic rings. The van der Waals surface area contributed by atoms with Crippen LogP contribution in [-0.2, 0) is 4.74 Å². The van der Waals surface area contributed by atoms with Gasteiger partial charge in [0.05, 0.1) is 12.2 Å². The largest absolute Gasteiger partial charge is 0.374 e. The minimum atomic E-state index is -2.42. The maximum Gasteiger partial charge on any atom is 0.251 e. The highest BCUT2D eigenvalue weighted by atomic mass is 19.3. The lowest BCUT2D eigenvalue weighted by Crippen LogP contribution is -2.53. The third-order valence-corrected chi connectivity index (χ3v) is 3.14. The van der Waals surface area contributed by atoms with Crippen molar-refractivity contribution in [3.8, 4) is 0 Å². The zero-order valence-corrected chi connectivity index (χ0v) is 8.59. The number of alkyl halides is 2. The summed E-state index contributed by atoms with van der Waals surface area (Å²) in [5.41, 5.74) is 0. The number of hydrogen-bond donors (Lipinski definition) is 1. The van der Waals surface area contributed by atoms with E-state index >= 15 is 0 Å². The van der Waals surface area contributed by atoms with E-state index in [1.165, 1.54) is 0 Å². The number of rotatable bonds is 2. The first-order chi connectivity index (χ1) is 6.46. The molecule has 0 bridgehead atoms. The van der Waals surface area contributed by atoms with Crippen molar-refractivity contribution in [3.05, 3.63) is 0 Å². The maximum atomic E-state index is 12.6. The van der Waals surface area contributed by atoms with E-state index in [-0.39, 0.29) is 37.1 Å². The number of halogens is 2. The fourth-order valence-corrected chi connectivity index (χ4v) is 2.35. The molecule has 1 saturated carbocycles. The minimum absolute atomic E-state index is 0.00801. The van der Waals surface area contributed by atoms with Crippen LogP contribution in [0.15, 0.2) is 0 Å². The Morgan fingerprint density at radius 1 is 1.29 bits per heavy atom. The predicted octanol–water partition coefficient (Wildman–Crippen LogP) is 1.94. The first-order valence-electron chi connectivity index (χ1n) is 5.25. The van der Waals surface area contributed by atoms with Gasteiger partial charge in [0.25, 0.3) is 5.92 Å². The molecule has 0 aromatic carbocycles. The van der Waals surface area contributed by atoms with Crippen LogP contribution < -0.4 is 5.32 Å². The van der Waals surface area contributed by atoms with Crippen LogP contribution in [0.2, 0.25) is 0 Å². The van der Waals surface area contributed by atoms with Gasteiger partial charge in [-0.15, -0.1) is 0 Å². The summed E-state index contributed by atoms with van der Waals surface area (Å²) >= 11 is 0. The Morgan fingerprint density at radius 2 is 1.93 bits per heavy atom. The molecular formula is C10H17F2NO. The van der Waals surface area contributed by atoms with Crippen molar-refractivity contribution in [2.45, 2.75) is 63.3 Å². The summed E-state index contributed by atoms with van der Waals surface area (Å²) in [5.74, 6) is -2.42. The normalized spacial score (nSPS) is 42.4. The molecular weight excluding hydrogens is 188 g/mol. The maximum absolute atomic E-state index is 12.6. The van der Waals surface area contributed by atoms with Gasteiger partial charge >= 0.3 is 0 Å². The molecule has 82 valence electrons. The van der Waals surface area contributed by atoms with Gasteiger partial charge in [-0.2, -0.15) is 0 Å². The summed E-state index contributed by atoms with van der Waals surface area (Å²) < 4.78 is 30.7. The van der Waals surface area contributed by atoms with Crippen LogP contribution in [0.3, 0.4) is 0 Å². The molecule has 1 saturated heterocycles. The zero-order chi connectivity index (χ0) is 10.3. The van der Waals surface area contributed by atoms with Gasteiger partial charge in [-0.25, -0.2) is 8.78 Å². The van der Waals surface area contributed by atoms with Gasteiger partial charge in [0.1, 0.15) is 0 Å². The second-order valence-electron chi connectivity index (χ2n) is 4.62. The van der Waals surface area contributed by atoms with Gasteiger partial charge < -0.3 is 10.1 Å². The summed E-state index contributed by atoms with van der Waals surface area (Å²) in [4.78, 5) is 0. The summed E-state index contributed by atoms with van der Waals surface area (Å²) in [7, 11) is 0. The molecule has 1 heterocycles. The topological polar surface area (TPSA) is 21.3 Å². The molecule has 2 nitrogen and oxygen atoms in total. The molecule has 1 aliphatic carbocycles. The Labute approximate surface area is 83.0 Å². The molecule has 0 aromatic rings. The molecule has 0 spiro atoms. The van der Waals surface area contributed by atoms with Crippen molar-refractivity contribution in [1.29, 1.82) is 0 Å². The average molecular weight is 205 g/mol. The van der Waals surface area contributed by atoms with E-state index in [1.807, 2.05) is 13.8 Å². The number of ether oxygens (including phenoxy) is 1. The zero-order valence-electron chi connectivity index (χ0n) is 8.59. The van der Waals surface area contributed by atoms with Gasteiger partial charge in [0.15, 0.2) is 0 Å². The average Bonchev–Trinajstić information content (AvgIpc) is 2.26. The van der Waals surface area contributed by atoms with E-state index in [0.717, 1.165) is 6.42 Å². The monoisotopic (exact) mass is 205 g/mol. The van der Waals surface area contributed by atoms with Crippen LogP contribution in [-0.4, -0.2) is 30.2 Å². The molecule has 4 heteroatoms. The van der Waals surface area contributed by atoms with Crippen LogP contribution in [0.1, 0.15) is 33.1 Å². The predicted molar refractivity (Wildman–Crippen MR) is 49.5 cm³/mol. The highest BCUT2D eigenvalue weighted by Crippen LogP contribution is 2.38. The highest BCUT2D eigenvalue weighted by Gasteiger charge is 2.46. The van der Waals surface area contributed by atoms with E-state index in [1.54, 1.807) is 0 Å². The van der Waals surface area contributed by atoms with Crippen molar-refractivity contribution in [2.75, 3.05) is 0 Å². The Hall–Kier alpha value is -0.220. The van der Waals surface area contributed by atoms with E-state index in [4.69, 9.17) is 4.74 Å². The van der Waals surface area contributed by atoms with Gasteiger partial charge in [-0.3, -0.25) is 0 Å². The minimum Gasteiger partial charge on any atom is -0.374 e. The van der Waals surface area contributed by atoms with Crippen molar-refractivity contribution < 1.29 is 13.5 Å².